The van der Waals surface area contributed by atoms with Gasteiger partial charge in [0.2, 0.25) is 0 Å². The molecule has 0 saturated carbocycles. The number of urea groups is 1. The van der Waals surface area contributed by atoms with Crippen LogP contribution in [-0.4, -0.2) is 60.1 Å². The number of nitrogens with zero attached hydrogens (tertiary/aromatic N) is 3. The van der Waals surface area contributed by atoms with Crippen molar-refractivity contribution < 1.29 is 9.53 Å². The lowest BCUT2D eigenvalue weighted by Gasteiger charge is -2.35. The lowest BCUT2D eigenvalue weighted by Crippen LogP contribution is -2.44. The Hall–Kier alpha value is -2.58. The number of ether oxygens (including phenoxy) is 1. The zero-order chi connectivity index (χ0) is 23.1. The Kier molecular flexibility index (Phi) is 5.94. The van der Waals surface area contributed by atoms with Crippen LogP contribution in [0.25, 0.3) is 11.4 Å². The summed E-state index contributed by atoms with van der Waals surface area (Å²) in [4.78, 5) is 24.3. The molecule has 2 aliphatic heterocycles. The molecule has 32 heavy (non-hydrogen) atoms. The molecule has 2 amide bonds. The van der Waals surface area contributed by atoms with Gasteiger partial charge in [-0.05, 0) is 52.0 Å². The molecule has 0 radical (unpaired) electrons. The average Bonchev–Trinajstić information content (AvgIpc) is 2.93. The molecule has 0 bridgehead atoms. The maximum absolute atomic E-state index is 11.8. The third-order valence-corrected chi connectivity index (χ3v) is 9.64. The Bertz CT molecular complexity index is 1130. The number of aromatic nitrogens is 2. The topological polar surface area (TPSA) is 79.4 Å². The second kappa shape index (κ2) is 8.41. The molecule has 1 atom stereocenters. The molecule has 172 valence electrons. The van der Waals surface area contributed by atoms with Crippen LogP contribution in [0.4, 0.5) is 16.3 Å². The predicted octanol–water partition coefficient (Wildman–Crippen LogP) is 3.93. The summed E-state index contributed by atoms with van der Waals surface area (Å²) in [5, 5.41) is 5.56. The first-order valence-corrected chi connectivity index (χ1v) is 13.2. The number of benzene rings is 1. The number of amides is 2. The number of carbonyl (C=O) groups is 1. The van der Waals surface area contributed by atoms with Crippen molar-refractivity contribution in [1.29, 1.82) is 0 Å². The Balaban J connectivity index is 1.77. The van der Waals surface area contributed by atoms with Crippen LogP contribution in [0.5, 0.6) is 0 Å². The summed E-state index contributed by atoms with van der Waals surface area (Å²) in [6.07, 6.45) is 0. The molecule has 1 aromatic carbocycles. The summed E-state index contributed by atoms with van der Waals surface area (Å²) in [6, 6.07) is 7.67. The van der Waals surface area contributed by atoms with Crippen LogP contribution in [0.3, 0.4) is 0 Å². The van der Waals surface area contributed by atoms with E-state index < -0.39 is 9.21 Å². The number of carbonyl (C=O) groups excluding carboxylic acids is 1. The number of nitrogens with one attached hydrogen (secondary N) is 2. The zero-order valence-electron chi connectivity index (χ0n) is 19.4. The van der Waals surface area contributed by atoms with E-state index in [4.69, 9.17) is 14.7 Å². The van der Waals surface area contributed by atoms with Crippen LogP contribution in [0.1, 0.15) is 39.0 Å². The third-order valence-electron chi connectivity index (χ3n) is 6.44. The van der Waals surface area contributed by atoms with Gasteiger partial charge in [0, 0.05) is 40.4 Å². The van der Waals surface area contributed by atoms with E-state index in [1.807, 2.05) is 31.2 Å². The standard InChI is InChI=1S/C24H33N5O2S/c1-7-25-23(30)26-18-10-8-17(9-11-18)21-27-20-19(15-32(5,6)24(20,3)4)22(28-21)29-12-13-31-14-16(29)2/h8-11,16H,5-7,12-15H2,1-4H3,(H2,25,26,30). The average molecular weight is 456 g/mol. The largest absolute Gasteiger partial charge is 0.377 e. The number of rotatable bonds is 4. The molecular weight excluding hydrogens is 422 g/mol. The lowest BCUT2D eigenvalue weighted by molar-refractivity contribution is 0.0984. The van der Waals surface area contributed by atoms with Gasteiger partial charge in [0.25, 0.3) is 0 Å². The van der Waals surface area contributed by atoms with E-state index in [1.54, 1.807) is 0 Å². The van der Waals surface area contributed by atoms with E-state index in [-0.39, 0.29) is 16.8 Å². The molecule has 8 heteroatoms. The van der Waals surface area contributed by atoms with Gasteiger partial charge in [-0.25, -0.2) is 14.8 Å². The van der Waals surface area contributed by atoms with Crippen LogP contribution in [0, 0.1) is 0 Å². The summed E-state index contributed by atoms with van der Waals surface area (Å²) in [5.41, 5.74) is 3.87. The van der Waals surface area contributed by atoms with Gasteiger partial charge in [-0.15, -0.1) is 0 Å². The molecule has 0 spiro atoms. The second-order valence-electron chi connectivity index (χ2n) is 9.08. The summed E-state index contributed by atoms with van der Waals surface area (Å²) in [5.74, 6) is 11.5. The Morgan fingerprint density at radius 1 is 1.28 bits per heavy atom. The normalized spacial score (nSPS) is 21.1. The van der Waals surface area contributed by atoms with Crippen molar-refractivity contribution in [2.45, 2.75) is 44.2 Å². The van der Waals surface area contributed by atoms with Crippen molar-refractivity contribution in [1.82, 2.24) is 15.3 Å². The number of hydrogen-bond acceptors (Lipinski definition) is 5. The minimum Gasteiger partial charge on any atom is -0.377 e. The summed E-state index contributed by atoms with van der Waals surface area (Å²) in [7, 11) is -1.40. The van der Waals surface area contributed by atoms with Crippen LogP contribution < -0.4 is 15.5 Å². The first-order chi connectivity index (χ1) is 15.1. The first-order valence-electron chi connectivity index (χ1n) is 11.0. The van der Waals surface area contributed by atoms with E-state index in [2.05, 4.69) is 48.0 Å². The van der Waals surface area contributed by atoms with Gasteiger partial charge >= 0.3 is 6.03 Å². The Morgan fingerprint density at radius 3 is 2.66 bits per heavy atom. The maximum atomic E-state index is 11.8. The van der Waals surface area contributed by atoms with Crippen LogP contribution >= 0.6 is 9.21 Å². The highest BCUT2D eigenvalue weighted by atomic mass is 32.2. The SMILES string of the molecule is C=S1(=C)Cc2c(N3CCOCC3C)nc(-c3ccc(NC(=O)NCC)cc3)nc2C1(C)C. The van der Waals surface area contributed by atoms with Crippen molar-refractivity contribution in [3.05, 3.63) is 35.5 Å². The van der Waals surface area contributed by atoms with Crippen molar-refractivity contribution >= 4 is 38.5 Å². The highest BCUT2D eigenvalue weighted by molar-refractivity contribution is 8.28. The van der Waals surface area contributed by atoms with Crippen molar-refractivity contribution in [3.63, 3.8) is 0 Å². The Morgan fingerprint density at radius 2 is 2.00 bits per heavy atom. The van der Waals surface area contributed by atoms with Gasteiger partial charge < -0.3 is 20.3 Å². The molecule has 1 aromatic heterocycles. The molecule has 4 rings (SSSR count). The molecule has 1 fully saturated rings. The molecule has 0 aliphatic carbocycles. The third kappa shape index (κ3) is 3.97. The molecule has 7 nitrogen and oxygen atoms in total. The van der Waals surface area contributed by atoms with Crippen LogP contribution in [-0.2, 0) is 15.2 Å². The molecule has 3 heterocycles. The number of anilines is 2. The summed E-state index contributed by atoms with van der Waals surface area (Å²) in [6.45, 7) is 11.2. The number of morpholine rings is 1. The van der Waals surface area contributed by atoms with Gasteiger partial charge in [0.1, 0.15) is 5.82 Å². The van der Waals surface area contributed by atoms with Crippen molar-refractivity contribution in [2.24, 2.45) is 0 Å². The van der Waals surface area contributed by atoms with Crippen molar-refractivity contribution in [2.75, 3.05) is 36.5 Å². The first kappa shape index (κ1) is 22.6. The highest BCUT2D eigenvalue weighted by Crippen LogP contribution is 2.56. The molecule has 2 aliphatic rings. The summed E-state index contributed by atoms with van der Waals surface area (Å²) < 4.78 is 5.46. The maximum Gasteiger partial charge on any atom is 0.319 e. The Labute approximate surface area is 191 Å². The number of fused-ring (bicyclic) bond motifs is 1. The second-order valence-corrected chi connectivity index (χ2v) is 12.5. The number of hydrogen-bond donors (Lipinski definition) is 2. The van der Waals surface area contributed by atoms with E-state index in [1.165, 1.54) is 5.56 Å². The molecule has 1 unspecified atom stereocenters. The van der Waals surface area contributed by atoms with E-state index in [0.29, 0.717) is 25.6 Å². The fourth-order valence-corrected chi connectivity index (χ4v) is 5.97. The van der Waals surface area contributed by atoms with Crippen LogP contribution in [0.2, 0.25) is 0 Å². The fourth-order valence-electron chi connectivity index (χ4n) is 4.21. The lowest BCUT2D eigenvalue weighted by atomic mass is 10.0. The van der Waals surface area contributed by atoms with Gasteiger partial charge in [-0.3, -0.25) is 0 Å². The highest BCUT2D eigenvalue weighted by Gasteiger charge is 2.41. The molecular formula is C24H33N5O2S. The minimum atomic E-state index is -1.40. The zero-order valence-corrected chi connectivity index (χ0v) is 20.2. The smallest absolute Gasteiger partial charge is 0.319 e. The van der Waals surface area contributed by atoms with Gasteiger partial charge in [-0.2, -0.15) is 9.21 Å². The quantitative estimate of drug-likeness (QED) is 0.683. The monoisotopic (exact) mass is 455 g/mol. The predicted molar refractivity (Wildman–Crippen MR) is 136 cm³/mol. The fraction of sp³-hybridized carbons (Fsp3) is 0.458. The molecule has 2 N–H and O–H groups in total. The van der Waals surface area contributed by atoms with E-state index >= 15 is 0 Å². The van der Waals surface area contributed by atoms with Gasteiger partial charge in [0.05, 0.1) is 24.9 Å². The van der Waals surface area contributed by atoms with Gasteiger partial charge in [-0.1, -0.05) is 11.7 Å². The van der Waals surface area contributed by atoms with Gasteiger partial charge in [0.15, 0.2) is 5.82 Å². The summed E-state index contributed by atoms with van der Waals surface area (Å²) >= 11 is 0. The van der Waals surface area contributed by atoms with E-state index in [0.717, 1.165) is 35.1 Å². The molecule has 1 saturated heterocycles. The van der Waals surface area contributed by atoms with E-state index in [9.17, 15) is 4.79 Å². The molecule has 2 aromatic rings. The van der Waals surface area contributed by atoms with Crippen molar-refractivity contribution in [3.8, 4) is 11.4 Å². The minimum absolute atomic E-state index is 0.204. The van der Waals surface area contributed by atoms with Crippen LogP contribution in [0.15, 0.2) is 24.3 Å².